The number of hydrogen-bond acceptors (Lipinski definition) is 2. The molecule has 1 aromatic rings. The maximum atomic E-state index is 6.08. The molecule has 1 rings (SSSR count). The van der Waals surface area contributed by atoms with Crippen molar-refractivity contribution in [3.8, 4) is 0 Å². The molecule has 0 fully saturated rings. The third kappa shape index (κ3) is 4.01. The van der Waals surface area contributed by atoms with Crippen LogP contribution in [0.5, 0.6) is 0 Å². The SMILES string of the molecule is CC(C)(Cl)CSc1c(Cl)c(Cl)nc(Cl)c1Cl. The maximum absolute atomic E-state index is 6.08. The van der Waals surface area contributed by atoms with Crippen molar-refractivity contribution in [1.29, 1.82) is 0 Å². The van der Waals surface area contributed by atoms with E-state index in [1.165, 1.54) is 11.8 Å². The highest BCUT2D eigenvalue weighted by Crippen LogP contribution is 2.42. The average Bonchev–Trinajstić information content (AvgIpc) is 2.13. The topological polar surface area (TPSA) is 12.9 Å². The molecule has 16 heavy (non-hydrogen) atoms. The van der Waals surface area contributed by atoms with Gasteiger partial charge in [-0.1, -0.05) is 46.4 Å². The molecule has 0 aliphatic carbocycles. The molecule has 0 atom stereocenters. The largest absolute Gasteiger partial charge is 0.221 e. The zero-order valence-electron chi connectivity index (χ0n) is 8.45. The van der Waals surface area contributed by atoms with Crippen molar-refractivity contribution in [2.75, 3.05) is 5.75 Å². The van der Waals surface area contributed by atoms with E-state index < -0.39 is 0 Å². The molecule has 1 nitrogen and oxygen atoms in total. The Kier molecular flexibility index (Phi) is 5.37. The summed E-state index contributed by atoms with van der Waals surface area (Å²) in [6.45, 7) is 3.79. The molecule has 1 heterocycles. The van der Waals surface area contributed by atoms with E-state index in [9.17, 15) is 0 Å². The lowest BCUT2D eigenvalue weighted by atomic mass is 10.3. The summed E-state index contributed by atoms with van der Waals surface area (Å²) in [6.07, 6.45) is 0. The van der Waals surface area contributed by atoms with Crippen molar-refractivity contribution in [2.24, 2.45) is 0 Å². The van der Waals surface area contributed by atoms with Crippen molar-refractivity contribution < 1.29 is 0 Å². The number of alkyl halides is 1. The highest BCUT2D eigenvalue weighted by molar-refractivity contribution is 7.99. The highest BCUT2D eigenvalue weighted by atomic mass is 35.5. The van der Waals surface area contributed by atoms with Gasteiger partial charge in [0.25, 0.3) is 0 Å². The standard InChI is InChI=1S/C9H8Cl5NS/c1-9(2,14)3-16-6-4(10)7(12)15-8(13)5(6)11/h3H2,1-2H3. The van der Waals surface area contributed by atoms with Gasteiger partial charge in [0.2, 0.25) is 0 Å². The summed E-state index contributed by atoms with van der Waals surface area (Å²) >= 11 is 31.1. The summed E-state index contributed by atoms with van der Waals surface area (Å²) in [5.41, 5.74) is 0. The molecule has 0 saturated carbocycles. The van der Waals surface area contributed by atoms with E-state index in [1.54, 1.807) is 0 Å². The Labute approximate surface area is 124 Å². The van der Waals surface area contributed by atoms with E-state index in [1.807, 2.05) is 13.8 Å². The number of rotatable bonds is 3. The van der Waals surface area contributed by atoms with Gasteiger partial charge in [-0.25, -0.2) is 4.98 Å². The fourth-order valence-corrected chi connectivity index (χ4v) is 3.10. The molecule has 0 aliphatic heterocycles. The molecular weight excluding hydrogens is 331 g/mol. The van der Waals surface area contributed by atoms with E-state index in [-0.39, 0.29) is 15.2 Å². The van der Waals surface area contributed by atoms with Gasteiger partial charge in [0.1, 0.15) is 0 Å². The average molecular weight is 340 g/mol. The summed E-state index contributed by atoms with van der Waals surface area (Å²) < 4.78 is 0. The minimum atomic E-state index is -0.362. The molecule has 0 N–H and O–H groups in total. The second-order valence-corrected chi connectivity index (χ2v) is 7.14. The van der Waals surface area contributed by atoms with Crippen molar-refractivity contribution in [1.82, 2.24) is 4.98 Å². The van der Waals surface area contributed by atoms with Gasteiger partial charge < -0.3 is 0 Å². The second-order valence-electron chi connectivity index (χ2n) is 3.66. The number of pyridine rings is 1. The van der Waals surface area contributed by atoms with E-state index in [4.69, 9.17) is 58.0 Å². The zero-order valence-corrected chi connectivity index (χ0v) is 13.0. The van der Waals surface area contributed by atoms with Crippen molar-refractivity contribution in [3.05, 3.63) is 20.4 Å². The maximum Gasteiger partial charge on any atom is 0.150 e. The minimum Gasteiger partial charge on any atom is -0.221 e. The van der Waals surface area contributed by atoms with E-state index in [2.05, 4.69) is 4.98 Å². The van der Waals surface area contributed by atoms with Gasteiger partial charge in [-0.3, -0.25) is 0 Å². The Morgan fingerprint density at radius 3 is 1.88 bits per heavy atom. The summed E-state index contributed by atoms with van der Waals surface area (Å²) in [5.74, 6) is 0.630. The molecule has 0 radical (unpaired) electrons. The Morgan fingerprint density at radius 2 is 1.50 bits per heavy atom. The van der Waals surface area contributed by atoms with Crippen LogP contribution in [0.3, 0.4) is 0 Å². The molecule has 1 aromatic heterocycles. The lowest BCUT2D eigenvalue weighted by Gasteiger charge is -2.16. The molecular formula is C9H8Cl5NS. The first kappa shape index (κ1) is 15.0. The first-order valence-electron chi connectivity index (χ1n) is 4.24. The molecule has 0 bridgehead atoms. The van der Waals surface area contributed by atoms with Crippen LogP contribution in [0.15, 0.2) is 4.90 Å². The quantitative estimate of drug-likeness (QED) is 0.392. The van der Waals surface area contributed by atoms with E-state index in [0.29, 0.717) is 20.7 Å². The van der Waals surface area contributed by atoms with Gasteiger partial charge in [-0.2, -0.15) is 0 Å². The van der Waals surface area contributed by atoms with Gasteiger partial charge in [-0.05, 0) is 13.8 Å². The monoisotopic (exact) mass is 337 g/mol. The molecule has 0 aliphatic rings. The molecule has 0 aromatic carbocycles. The van der Waals surface area contributed by atoms with Crippen molar-refractivity contribution in [3.63, 3.8) is 0 Å². The molecule has 0 unspecified atom stereocenters. The molecule has 90 valence electrons. The van der Waals surface area contributed by atoms with Crippen LogP contribution < -0.4 is 0 Å². The van der Waals surface area contributed by atoms with Gasteiger partial charge in [0.15, 0.2) is 10.3 Å². The van der Waals surface area contributed by atoms with Crippen LogP contribution in [0.4, 0.5) is 0 Å². The number of halogens is 5. The predicted octanol–water partition coefficient (Wildman–Crippen LogP) is 5.80. The predicted molar refractivity (Wildman–Crippen MR) is 74.9 cm³/mol. The number of nitrogens with zero attached hydrogens (tertiary/aromatic N) is 1. The first-order valence-corrected chi connectivity index (χ1v) is 7.11. The van der Waals surface area contributed by atoms with Gasteiger partial charge >= 0.3 is 0 Å². The lowest BCUT2D eigenvalue weighted by Crippen LogP contribution is -2.13. The lowest BCUT2D eigenvalue weighted by molar-refractivity contribution is 0.801. The number of thioether (sulfide) groups is 1. The second kappa shape index (κ2) is 5.73. The minimum absolute atomic E-state index is 0.144. The molecule has 0 amide bonds. The Hall–Kier alpha value is 0.950. The van der Waals surface area contributed by atoms with Crippen LogP contribution in [0, 0.1) is 0 Å². The molecule has 0 saturated heterocycles. The fourth-order valence-electron chi connectivity index (χ4n) is 0.839. The van der Waals surface area contributed by atoms with Crippen LogP contribution in [0.1, 0.15) is 13.8 Å². The Morgan fingerprint density at radius 1 is 1.06 bits per heavy atom. The van der Waals surface area contributed by atoms with Crippen LogP contribution in [-0.2, 0) is 0 Å². The Balaban J connectivity index is 3.04. The Bertz CT molecular complexity index is 376. The van der Waals surface area contributed by atoms with Gasteiger partial charge in [0, 0.05) is 10.6 Å². The third-order valence-corrected chi connectivity index (χ3v) is 5.07. The summed E-state index contributed by atoms with van der Waals surface area (Å²) in [7, 11) is 0. The number of hydrogen-bond donors (Lipinski definition) is 0. The van der Waals surface area contributed by atoms with Gasteiger partial charge in [-0.15, -0.1) is 23.4 Å². The van der Waals surface area contributed by atoms with E-state index >= 15 is 0 Å². The van der Waals surface area contributed by atoms with E-state index in [0.717, 1.165) is 0 Å². The van der Waals surface area contributed by atoms with Crippen molar-refractivity contribution >= 4 is 69.8 Å². The zero-order chi connectivity index (χ0) is 12.5. The summed E-state index contributed by atoms with van der Waals surface area (Å²) in [5, 5.41) is 0.904. The van der Waals surface area contributed by atoms with Crippen LogP contribution in [-0.4, -0.2) is 15.6 Å². The highest BCUT2D eigenvalue weighted by Gasteiger charge is 2.20. The fraction of sp³-hybridized carbons (Fsp3) is 0.444. The summed E-state index contributed by atoms with van der Waals surface area (Å²) in [4.78, 5) is 4.05. The van der Waals surface area contributed by atoms with Crippen LogP contribution >= 0.6 is 69.8 Å². The van der Waals surface area contributed by atoms with Crippen LogP contribution in [0.25, 0.3) is 0 Å². The molecule has 0 spiro atoms. The summed E-state index contributed by atoms with van der Waals surface area (Å²) in [6, 6.07) is 0. The smallest absolute Gasteiger partial charge is 0.150 e. The van der Waals surface area contributed by atoms with Crippen molar-refractivity contribution in [2.45, 2.75) is 23.6 Å². The third-order valence-electron chi connectivity index (χ3n) is 1.52. The van der Waals surface area contributed by atoms with Crippen LogP contribution in [0.2, 0.25) is 20.4 Å². The molecule has 7 heteroatoms. The normalized spacial score (nSPS) is 11.9. The number of aromatic nitrogens is 1. The van der Waals surface area contributed by atoms with Gasteiger partial charge in [0.05, 0.1) is 14.9 Å². The first-order chi connectivity index (χ1) is 7.22.